The second kappa shape index (κ2) is 6.21. The van der Waals surface area contributed by atoms with Gasteiger partial charge in [-0.15, -0.1) is 0 Å². The fraction of sp³-hybridized carbons (Fsp3) is 0.333. The van der Waals surface area contributed by atoms with Crippen LogP contribution in [0.25, 0.3) is 0 Å². The molecule has 1 N–H and O–H groups in total. The molecule has 2 aromatic rings. The third-order valence-electron chi connectivity index (χ3n) is 3.01. The summed E-state index contributed by atoms with van der Waals surface area (Å²) < 4.78 is 6.38. The minimum absolute atomic E-state index is 0.179. The van der Waals surface area contributed by atoms with Crippen LogP contribution in [0.15, 0.2) is 45.7 Å². The number of benzene rings is 1. The van der Waals surface area contributed by atoms with E-state index in [1.165, 1.54) is 15.6 Å². The predicted molar refractivity (Wildman–Crippen MR) is 77.7 cm³/mol. The van der Waals surface area contributed by atoms with E-state index >= 15 is 0 Å². The number of rotatable bonds is 5. The largest absolute Gasteiger partial charge is 0.472 e. The minimum Gasteiger partial charge on any atom is -0.472 e. The molecule has 96 valence electrons. The number of furan rings is 1. The lowest BCUT2D eigenvalue weighted by Gasteiger charge is -2.20. The molecule has 1 unspecified atom stereocenters. The van der Waals surface area contributed by atoms with E-state index in [4.69, 9.17) is 4.42 Å². The Labute approximate surface area is 117 Å². The first-order valence-electron chi connectivity index (χ1n) is 6.24. The summed E-state index contributed by atoms with van der Waals surface area (Å²) in [5.41, 5.74) is 3.67. The van der Waals surface area contributed by atoms with Crippen molar-refractivity contribution in [3.8, 4) is 0 Å². The van der Waals surface area contributed by atoms with Crippen molar-refractivity contribution in [2.75, 3.05) is 6.54 Å². The van der Waals surface area contributed by atoms with Crippen molar-refractivity contribution < 1.29 is 4.42 Å². The molecular weight excluding hydrogens is 290 g/mol. The summed E-state index contributed by atoms with van der Waals surface area (Å²) in [5.74, 6) is 0. The van der Waals surface area contributed by atoms with Gasteiger partial charge in [0.25, 0.3) is 0 Å². The Morgan fingerprint density at radius 1 is 1.33 bits per heavy atom. The van der Waals surface area contributed by atoms with E-state index < -0.39 is 0 Å². The Morgan fingerprint density at radius 3 is 2.83 bits per heavy atom. The van der Waals surface area contributed by atoms with Gasteiger partial charge in [0.15, 0.2) is 0 Å². The Balaban J connectivity index is 2.37. The molecule has 1 aromatic carbocycles. The van der Waals surface area contributed by atoms with Crippen LogP contribution in [0.2, 0.25) is 0 Å². The Hall–Kier alpha value is -1.06. The molecule has 0 fully saturated rings. The summed E-state index contributed by atoms with van der Waals surface area (Å²) in [4.78, 5) is 0. The summed E-state index contributed by atoms with van der Waals surface area (Å²) in [7, 11) is 0. The summed E-state index contributed by atoms with van der Waals surface area (Å²) in [6.45, 7) is 5.26. The van der Waals surface area contributed by atoms with Gasteiger partial charge < -0.3 is 9.73 Å². The first-order valence-corrected chi connectivity index (χ1v) is 7.03. The molecule has 3 heteroatoms. The average Bonchev–Trinajstić information content (AvgIpc) is 2.88. The first kappa shape index (κ1) is 13.4. The number of aryl methyl sites for hydroxylation is 1. The average molecular weight is 308 g/mol. The summed E-state index contributed by atoms with van der Waals surface area (Å²) in [5, 5.41) is 3.57. The monoisotopic (exact) mass is 307 g/mol. The van der Waals surface area contributed by atoms with E-state index in [0.717, 1.165) is 18.5 Å². The van der Waals surface area contributed by atoms with Crippen LogP contribution in [-0.2, 0) is 0 Å². The van der Waals surface area contributed by atoms with Gasteiger partial charge in [-0.05, 0) is 37.1 Å². The van der Waals surface area contributed by atoms with Crippen LogP contribution < -0.4 is 5.32 Å². The number of halogens is 1. The first-order chi connectivity index (χ1) is 8.74. The highest BCUT2D eigenvalue weighted by Crippen LogP contribution is 2.31. The zero-order valence-electron chi connectivity index (χ0n) is 10.7. The van der Waals surface area contributed by atoms with Crippen molar-refractivity contribution in [3.05, 3.63) is 58.0 Å². The molecule has 0 bridgehead atoms. The van der Waals surface area contributed by atoms with Crippen molar-refractivity contribution in [1.29, 1.82) is 0 Å². The normalized spacial score (nSPS) is 12.6. The molecule has 0 saturated heterocycles. The van der Waals surface area contributed by atoms with E-state index in [1.54, 1.807) is 6.26 Å². The van der Waals surface area contributed by atoms with Gasteiger partial charge in [0.05, 0.1) is 18.6 Å². The quantitative estimate of drug-likeness (QED) is 0.883. The van der Waals surface area contributed by atoms with Gasteiger partial charge in [0, 0.05) is 10.0 Å². The van der Waals surface area contributed by atoms with Gasteiger partial charge in [-0.3, -0.25) is 0 Å². The number of hydrogen-bond acceptors (Lipinski definition) is 2. The smallest absolute Gasteiger partial charge is 0.0953 e. The fourth-order valence-corrected chi connectivity index (χ4v) is 2.52. The van der Waals surface area contributed by atoms with Crippen molar-refractivity contribution in [3.63, 3.8) is 0 Å². The molecular formula is C15H18BrNO. The molecule has 2 nitrogen and oxygen atoms in total. The number of hydrogen-bond donors (Lipinski definition) is 1. The maximum atomic E-state index is 5.21. The predicted octanol–water partition coefficient (Wildman–Crippen LogP) is 4.44. The van der Waals surface area contributed by atoms with E-state index in [1.807, 2.05) is 12.3 Å². The van der Waals surface area contributed by atoms with E-state index in [-0.39, 0.29) is 6.04 Å². The summed E-state index contributed by atoms with van der Waals surface area (Å²) in [6, 6.07) is 8.55. The van der Waals surface area contributed by atoms with E-state index in [9.17, 15) is 0 Å². The minimum atomic E-state index is 0.179. The maximum absolute atomic E-state index is 5.21. The molecule has 1 heterocycles. The van der Waals surface area contributed by atoms with Crippen LogP contribution in [0.1, 0.15) is 36.1 Å². The second-order valence-electron chi connectivity index (χ2n) is 4.42. The highest BCUT2D eigenvalue weighted by molar-refractivity contribution is 9.10. The van der Waals surface area contributed by atoms with Crippen LogP contribution >= 0.6 is 15.9 Å². The molecule has 1 atom stereocenters. The highest BCUT2D eigenvalue weighted by atomic mass is 79.9. The lowest BCUT2D eigenvalue weighted by atomic mass is 9.99. The molecule has 0 amide bonds. The van der Waals surface area contributed by atoms with Crippen molar-refractivity contribution in [2.45, 2.75) is 26.3 Å². The Morgan fingerprint density at radius 2 is 2.17 bits per heavy atom. The molecule has 1 aromatic heterocycles. The van der Waals surface area contributed by atoms with Crippen LogP contribution in [-0.4, -0.2) is 6.54 Å². The van der Waals surface area contributed by atoms with Gasteiger partial charge in [-0.1, -0.05) is 41.1 Å². The maximum Gasteiger partial charge on any atom is 0.0953 e. The molecule has 0 aliphatic rings. The molecule has 0 spiro atoms. The SMILES string of the molecule is CCCNC(c1ccoc1)c1cccc(C)c1Br. The highest BCUT2D eigenvalue weighted by Gasteiger charge is 2.17. The zero-order valence-corrected chi connectivity index (χ0v) is 12.3. The zero-order chi connectivity index (χ0) is 13.0. The standard InChI is InChI=1S/C15H18BrNO/c1-3-8-17-15(12-7-9-18-10-12)13-6-4-5-11(2)14(13)16/h4-7,9-10,15,17H,3,8H2,1-2H3. The Kier molecular flexibility index (Phi) is 4.61. The number of nitrogens with one attached hydrogen (secondary N) is 1. The van der Waals surface area contributed by atoms with Crippen LogP contribution in [0.4, 0.5) is 0 Å². The van der Waals surface area contributed by atoms with Gasteiger partial charge in [0.2, 0.25) is 0 Å². The lowest BCUT2D eigenvalue weighted by Crippen LogP contribution is -2.23. The van der Waals surface area contributed by atoms with Crippen LogP contribution in [0.3, 0.4) is 0 Å². The second-order valence-corrected chi connectivity index (χ2v) is 5.21. The molecule has 2 rings (SSSR count). The molecule has 0 aliphatic carbocycles. The lowest BCUT2D eigenvalue weighted by molar-refractivity contribution is 0.547. The summed E-state index contributed by atoms with van der Waals surface area (Å²) >= 11 is 3.69. The fourth-order valence-electron chi connectivity index (χ4n) is 2.03. The van der Waals surface area contributed by atoms with Gasteiger partial charge in [-0.25, -0.2) is 0 Å². The summed E-state index contributed by atoms with van der Waals surface area (Å²) in [6.07, 6.45) is 4.64. The van der Waals surface area contributed by atoms with Crippen LogP contribution in [0, 0.1) is 6.92 Å². The molecule has 0 saturated carbocycles. The van der Waals surface area contributed by atoms with Crippen LogP contribution in [0.5, 0.6) is 0 Å². The topological polar surface area (TPSA) is 25.2 Å². The third-order valence-corrected chi connectivity index (χ3v) is 4.09. The van der Waals surface area contributed by atoms with Crippen molar-refractivity contribution >= 4 is 15.9 Å². The van der Waals surface area contributed by atoms with Crippen molar-refractivity contribution in [2.24, 2.45) is 0 Å². The third kappa shape index (κ3) is 2.85. The van der Waals surface area contributed by atoms with Crippen molar-refractivity contribution in [1.82, 2.24) is 5.32 Å². The van der Waals surface area contributed by atoms with E-state index in [2.05, 4.69) is 53.3 Å². The van der Waals surface area contributed by atoms with Gasteiger partial charge >= 0.3 is 0 Å². The Bertz CT molecular complexity index is 493. The van der Waals surface area contributed by atoms with Gasteiger partial charge in [0.1, 0.15) is 0 Å². The van der Waals surface area contributed by atoms with Gasteiger partial charge in [-0.2, -0.15) is 0 Å². The van der Waals surface area contributed by atoms with E-state index in [0.29, 0.717) is 0 Å². The molecule has 18 heavy (non-hydrogen) atoms. The molecule has 0 radical (unpaired) electrons. The molecule has 0 aliphatic heterocycles.